The zero-order valence-corrected chi connectivity index (χ0v) is 16.0. The molecule has 3 rings (SSSR count). The number of methoxy groups -OCH3 is 1. The molecule has 0 bridgehead atoms. The summed E-state index contributed by atoms with van der Waals surface area (Å²) in [6, 6.07) is 13.4. The molecule has 26 heavy (non-hydrogen) atoms. The molecule has 2 N–H and O–H groups in total. The Kier molecular flexibility index (Phi) is 5.80. The fourth-order valence-corrected chi connectivity index (χ4v) is 3.03. The third-order valence-corrected chi connectivity index (χ3v) is 4.23. The Morgan fingerprint density at radius 3 is 2.73 bits per heavy atom. The van der Waals surface area contributed by atoms with Crippen LogP contribution >= 0.6 is 23.8 Å². The summed E-state index contributed by atoms with van der Waals surface area (Å²) in [6.07, 6.45) is 0. The molecule has 0 spiro atoms. The third-order valence-electron chi connectivity index (χ3n) is 3.74. The van der Waals surface area contributed by atoms with Crippen molar-refractivity contribution in [1.82, 2.24) is 14.9 Å². The molecule has 0 amide bonds. The molecule has 0 saturated heterocycles. The molecule has 0 aliphatic heterocycles. The lowest BCUT2D eigenvalue weighted by molar-refractivity contribution is 0.307. The molecule has 2 aromatic carbocycles. The lowest BCUT2D eigenvalue weighted by atomic mass is 10.2. The van der Waals surface area contributed by atoms with Crippen LogP contribution in [0.4, 0.5) is 0 Å². The molecule has 0 radical (unpaired) electrons. The van der Waals surface area contributed by atoms with Gasteiger partial charge in [0.2, 0.25) is 4.77 Å². The summed E-state index contributed by atoms with van der Waals surface area (Å²) in [6.45, 7) is 2.87. The number of halogens is 1. The van der Waals surface area contributed by atoms with E-state index in [9.17, 15) is 0 Å². The minimum atomic E-state index is 0.430. The van der Waals surface area contributed by atoms with Crippen LogP contribution in [-0.4, -0.2) is 28.6 Å². The summed E-state index contributed by atoms with van der Waals surface area (Å²) in [7, 11) is 1.59. The molecular weight excluding hydrogens is 372 g/mol. The summed E-state index contributed by atoms with van der Waals surface area (Å²) < 4.78 is 13.3. The number of nitrogens with one attached hydrogen (secondary N) is 2. The number of H-pyrrole nitrogens is 1. The zero-order chi connectivity index (χ0) is 18.5. The number of benzene rings is 2. The van der Waals surface area contributed by atoms with Crippen LogP contribution in [0, 0.1) is 4.77 Å². The van der Waals surface area contributed by atoms with Gasteiger partial charge in [0, 0.05) is 22.2 Å². The SMILES string of the molecule is CCOc1c(CNn2c(-c3ccccc3)n[nH]c2=S)cc(Cl)cc1OC. The zero-order valence-electron chi connectivity index (χ0n) is 14.5. The number of hydrogen-bond donors (Lipinski definition) is 2. The van der Waals surface area contributed by atoms with Gasteiger partial charge in [-0.05, 0) is 25.2 Å². The van der Waals surface area contributed by atoms with Crippen molar-refractivity contribution < 1.29 is 9.47 Å². The number of hydrogen-bond acceptors (Lipinski definition) is 5. The van der Waals surface area contributed by atoms with Gasteiger partial charge in [-0.1, -0.05) is 41.9 Å². The van der Waals surface area contributed by atoms with Gasteiger partial charge in [-0.15, -0.1) is 0 Å². The van der Waals surface area contributed by atoms with Crippen LogP contribution in [0.3, 0.4) is 0 Å². The number of ether oxygens (including phenoxy) is 2. The average molecular weight is 391 g/mol. The van der Waals surface area contributed by atoms with Crippen molar-refractivity contribution in [3.05, 3.63) is 57.8 Å². The second kappa shape index (κ2) is 8.25. The molecule has 8 heteroatoms. The van der Waals surface area contributed by atoms with Crippen LogP contribution in [0.5, 0.6) is 11.5 Å². The van der Waals surface area contributed by atoms with Crippen LogP contribution in [0.25, 0.3) is 11.4 Å². The van der Waals surface area contributed by atoms with Gasteiger partial charge in [-0.3, -0.25) is 0 Å². The Labute approximate surface area is 161 Å². The van der Waals surface area contributed by atoms with Crippen LogP contribution in [0.2, 0.25) is 5.02 Å². The van der Waals surface area contributed by atoms with Crippen molar-refractivity contribution in [2.75, 3.05) is 19.1 Å². The first-order valence-electron chi connectivity index (χ1n) is 8.10. The number of nitrogens with zero attached hydrogens (tertiary/aromatic N) is 2. The highest BCUT2D eigenvalue weighted by molar-refractivity contribution is 7.71. The van der Waals surface area contributed by atoms with Crippen LogP contribution in [0.1, 0.15) is 12.5 Å². The fourth-order valence-electron chi connectivity index (χ4n) is 2.60. The van der Waals surface area contributed by atoms with E-state index in [1.54, 1.807) is 17.9 Å². The summed E-state index contributed by atoms with van der Waals surface area (Å²) >= 11 is 11.6. The molecule has 6 nitrogen and oxygen atoms in total. The Bertz CT molecular complexity index is 940. The molecule has 0 aliphatic rings. The highest BCUT2D eigenvalue weighted by atomic mass is 35.5. The van der Waals surface area contributed by atoms with Gasteiger partial charge in [0.1, 0.15) is 0 Å². The Morgan fingerprint density at radius 1 is 1.27 bits per heavy atom. The van der Waals surface area contributed by atoms with E-state index in [1.165, 1.54) is 0 Å². The standard InChI is InChI=1S/C18H19ClN4O2S/c1-3-25-16-13(9-14(19)10-15(16)24-2)11-20-23-17(21-22-18(23)26)12-7-5-4-6-8-12/h4-10,20H,3,11H2,1-2H3,(H,22,26). The lowest BCUT2D eigenvalue weighted by Gasteiger charge is -2.16. The third kappa shape index (κ3) is 3.84. The maximum absolute atomic E-state index is 6.21. The van der Waals surface area contributed by atoms with E-state index in [2.05, 4.69) is 15.6 Å². The van der Waals surface area contributed by atoms with Crippen molar-refractivity contribution >= 4 is 23.8 Å². The van der Waals surface area contributed by atoms with Gasteiger partial charge < -0.3 is 14.9 Å². The molecule has 1 aromatic heterocycles. The van der Waals surface area contributed by atoms with Crippen molar-refractivity contribution in [2.45, 2.75) is 13.5 Å². The van der Waals surface area contributed by atoms with E-state index in [-0.39, 0.29) is 0 Å². The van der Waals surface area contributed by atoms with Gasteiger partial charge in [0.25, 0.3) is 0 Å². The second-order valence-electron chi connectivity index (χ2n) is 5.42. The van der Waals surface area contributed by atoms with Gasteiger partial charge in [-0.25, -0.2) is 9.77 Å². The van der Waals surface area contributed by atoms with Crippen molar-refractivity contribution in [1.29, 1.82) is 0 Å². The summed E-state index contributed by atoms with van der Waals surface area (Å²) in [5, 5.41) is 7.70. The highest BCUT2D eigenvalue weighted by Gasteiger charge is 2.14. The Hall–Kier alpha value is -2.51. The second-order valence-corrected chi connectivity index (χ2v) is 6.24. The number of rotatable bonds is 7. The van der Waals surface area contributed by atoms with E-state index in [1.807, 2.05) is 43.3 Å². The van der Waals surface area contributed by atoms with E-state index < -0.39 is 0 Å². The van der Waals surface area contributed by atoms with Gasteiger partial charge >= 0.3 is 0 Å². The molecule has 0 fully saturated rings. The lowest BCUT2D eigenvalue weighted by Crippen LogP contribution is -2.16. The smallest absolute Gasteiger partial charge is 0.214 e. The Morgan fingerprint density at radius 2 is 2.04 bits per heavy atom. The molecule has 0 saturated carbocycles. The summed E-state index contributed by atoms with van der Waals surface area (Å²) in [4.78, 5) is 0. The number of aromatic nitrogens is 3. The van der Waals surface area contributed by atoms with Crippen molar-refractivity contribution in [2.24, 2.45) is 0 Å². The molecule has 0 atom stereocenters. The van der Waals surface area contributed by atoms with Crippen molar-refractivity contribution in [3.8, 4) is 22.9 Å². The first kappa shape index (κ1) is 18.3. The van der Waals surface area contributed by atoms with Gasteiger partial charge in [0.05, 0.1) is 20.3 Å². The van der Waals surface area contributed by atoms with Crippen LogP contribution in [-0.2, 0) is 6.54 Å². The molecule has 0 unspecified atom stereocenters. The predicted molar refractivity (Wildman–Crippen MR) is 105 cm³/mol. The van der Waals surface area contributed by atoms with E-state index in [4.69, 9.17) is 33.3 Å². The highest BCUT2D eigenvalue weighted by Crippen LogP contribution is 2.35. The first-order valence-corrected chi connectivity index (χ1v) is 8.88. The van der Waals surface area contributed by atoms with Gasteiger partial charge in [-0.2, -0.15) is 5.10 Å². The largest absolute Gasteiger partial charge is 0.493 e. The Balaban J connectivity index is 1.92. The first-order chi connectivity index (χ1) is 12.6. The van der Waals surface area contributed by atoms with E-state index >= 15 is 0 Å². The minimum Gasteiger partial charge on any atom is -0.493 e. The fraction of sp³-hybridized carbons (Fsp3) is 0.222. The topological polar surface area (TPSA) is 64.1 Å². The van der Waals surface area contributed by atoms with E-state index in [0.29, 0.717) is 40.3 Å². The molecule has 1 heterocycles. The maximum Gasteiger partial charge on any atom is 0.214 e. The van der Waals surface area contributed by atoms with Crippen LogP contribution in [0.15, 0.2) is 42.5 Å². The van der Waals surface area contributed by atoms with Gasteiger partial charge in [0.15, 0.2) is 17.3 Å². The van der Waals surface area contributed by atoms with Crippen molar-refractivity contribution in [3.63, 3.8) is 0 Å². The summed E-state index contributed by atoms with van der Waals surface area (Å²) in [5.74, 6) is 1.95. The van der Waals surface area contributed by atoms with E-state index in [0.717, 1.165) is 11.1 Å². The predicted octanol–water partition coefficient (Wildman–Crippen LogP) is 4.41. The monoisotopic (exact) mass is 390 g/mol. The molecular formula is C18H19ClN4O2S. The van der Waals surface area contributed by atoms with Crippen LogP contribution < -0.4 is 14.9 Å². The average Bonchev–Trinajstić information content (AvgIpc) is 3.03. The summed E-state index contributed by atoms with van der Waals surface area (Å²) in [5.41, 5.74) is 5.08. The normalized spacial score (nSPS) is 10.6. The minimum absolute atomic E-state index is 0.430. The molecule has 0 aliphatic carbocycles. The quantitative estimate of drug-likeness (QED) is 0.585. The molecule has 3 aromatic rings. The maximum atomic E-state index is 6.21. The molecule has 136 valence electrons. The number of aromatic amines is 1.